The standard InChI is InChI=1S/C22H26BNO2/c1-6-16(15-18-9-7-8-10-20(18)24)17-11-13-19(14-12-17)23-25-21(2,3)22(4,5)26-23/h6-15H,1,24H2,2-5H3/b16-15+. The Morgan fingerprint density at radius 3 is 2.08 bits per heavy atom. The fraction of sp³-hybridized carbons (Fsp3) is 0.273. The number of rotatable bonds is 4. The molecule has 2 N–H and O–H groups in total. The molecule has 1 heterocycles. The Bertz CT molecular complexity index is 821. The summed E-state index contributed by atoms with van der Waals surface area (Å²) in [4.78, 5) is 0. The van der Waals surface area contributed by atoms with Crippen molar-refractivity contribution in [2.75, 3.05) is 5.73 Å². The number of nitrogen functional groups attached to an aromatic ring is 1. The molecule has 0 saturated carbocycles. The molecule has 0 spiro atoms. The summed E-state index contributed by atoms with van der Waals surface area (Å²) in [6, 6.07) is 16.0. The molecule has 1 aliphatic heterocycles. The fourth-order valence-electron chi connectivity index (χ4n) is 2.88. The Hall–Kier alpha value is -2.30. The van der Waals surface area contributed by atoms with Gasteiger partial charge in [0.2, 0.25) is 0 Å². The molecule has 134 valence electrons. The Morgan fingerprint density at radius 1 is 0.962 bits per heavy atom. The van der Waals surface area contributed by atoms with Crippen LogP contribution in [-0.4, -0.2) is 18.3 Å². The van der Waals surface area contributed by atoms with Gasteiger partial charge in [-0.15, -0.1) is 0 Å². The average molecular weight is 347 g/mol. The largest absolute Gasteiger partial charge is 0.494 e. The Balaban J connectivity index is 1.85. The lowest BCUT2D eigenvalue weighted by Crippen LogP contribution is -2.41. The van der Waals surface area contributed by atoms with E-state index in [2.05, 4.69) is 46.4 Å². The van der Waals surface area contributed by atoms with Gasteiger partial charge in [-0.3, -0.25) is 0 Å². The Labute approximate surface area is 156 Å². The zero-order chi connectivity index (χ0) is 18.9. The molecule has 3 rings (SSSR count). The quantitative estimate of drug-likeness (QED) is 0.388. The number of hydrogen-bond acceptors (Lipinski definition) is 3. The van der Waals surface area contributed by atoms with E-state index in [9.17, 15) is 0 Å². The summed E-state index contributed by atoms with van der Waals surface area (Å²) in [6.45, 7) is 12.2. The minimum Gasteiger partial charge on any atom is -0.399 e. The van der Waals surface area contributed by atoms with Crippen LogP contribution in [-0.2, 0) is 9.31 Å². The van der Waals surface area contributed by atoms with Gasteiger partial charge in [0.1, 0.15) is 0 Å². The third-order valence-corrected chi connectivity index (χ3v) is 5.30. The van der Waals surface area contributed by atoms with Crippen LogP contribution < -0.4 is 11.2 Å². The number of allylic oxidation sites excluding steroid dienone is 2. The molecular weight excluding hydrogens is 321 g/mol. The maximum atomic E-state index is 6.11. The molecule has 0 amide bonds. The van der Waals surface area contributed by atoms with E-state index in [0.717, 1.165) is 27.9 Å². The van der Waals surface area contributed by atoms with Gasteiger partial charge in [-0.25, -0.2) is 0 Å². The normalized spacial score (nSPS) is 18.8. The molecule has 0 atom stereocenters. The maximum Gasteiger partial charge on any atom is 0.494 e. The van der Waals surface area contributed by atoms with Crippen molar-refractivity contribution < 1.29 is 9.31 Å². The molecule has 1 saturated heterocycles. The van der Waals surface area contributed by atoms with Gasteiger partial charge in [0, 0.05) is 5.69 Å². The average Bonchev–Trinajstić information content (AvgIpc) is 2.82. The number of benzene rings is 2. The van der Waals surface area contributed by atoms with Crippen LogP contribution in [0, 0.1) is 0 Å². The molecule has 2 aromatic carbocycles. The predicted molar refractivity (Wildman–Crippen MR) is 111 cm³/mol. The number of hydrogen-bond donors (Lipinski definition) is 1. The van der Waals surface area contributed by atoms with E-state index in [1.807, 2.05) is 48.6 Å². The molecule has 0 unspecified atom stereocenters. The first-order valence-electron chi connectivity index (χ1n) is 8.88. The van der Waals surface area contributed by atoms with Gasteiger partial charge in [-0.05, 0) is 62.0 Å². The minimum absolute atomic E-state index is 0.340. The lowest BCUT2D eigenvalue weighted by Gasteiger charge is -2.32. The molecule has 0 bridgehead atoms. The van der Waals surface area contributed by atoms with E-state index >= 15 is 0 Å². The number of nitrogens with two attached hydrogens (primary N) is 1. The van der Waals surface area contributed by atoms with E-state index in [1.165, 1.54) is 0 Å². The smallest absolute Gasteiger partial charge is 0.399 e. The van der Waals surface area contributed by atoms with Crippen LogP contribution >= 0.6 is 0 Å². The molecular formula is C22H26BNO2. The van der Waals surface area contributed by atoms with Gasteiger partial charge in [0.05, 0.1) is 11.2 Å². The second-order valence-corrected chi connectivity index (χ2v) is 7.64. The van der Waals surface area contributed by atoms with E-state index < -0.39 is 0 Å². The first-order chi connectivity index (χ1) is 12.2. The maximum absolute atomic E-state index is 6.11. The second-order valence-electron chi connectivity index (χ2n) is 7.64. The number of anilines is 1. The Morgan fingerprint density at radius 2 is 1.54 bits per heavy atom. The summed E-state index contributed by atoms with van der Waals surface area (Å²) < 4.78 is 12.2. The zero-order valence-electron chi connectivity index (χ0n) is 16.0. The van der Waals surface area contributed by atoms with E-state index in [1.54, 1.807) is 0 Å². The minimum atomic E-state index is -0.352. The highest BCUT2D eigenvalue weighted by Gasteiger charge is 2.51. The van der Waals surface area contributed by atoms with Crippen molar-refractivity contribution in [3.63, 3.8) is 0 Å². The van der Waals surface area contributed by atoms with E-state index in [4.69, 9.17) is 15.0 Å². The van der Waals surface area contributed by atoms with Crippen molar-refractivity contribution in [1.29, 1.82) is 0 Å². The molecule has 3 nitrogen and oxygen atoms in total. The molecule has 4 heteroatoms. The highest BCUT2D eigenvalue weighted by molar-refractivity contribution is 6.62. The molecule has 0 aliphatic carbocycles. The van der Waals surface area contributed by atoms with Crippen molar-refractivity contribution >= 4 is 29.9 Å². The summed E-state index contributed by atoms with van der Waals surface area (Å²) in [5, 5.41) is 0. The summed E-state index contributed by atoms with van der Waals surface area (Å²) >= 11 is 0. The lowest BCUT2D eigenvalue weighted by molar-refractivity contribution is 0.00578. The highest BCUT2D eigenvalue weighted by atomic mass is 16.7. The highest BCUT2D eigenvalue weighted by Crippen LogP contribution is 2.36. The van der Waals surface area contributed by atoms with Crippen LogP contribution in [0.3, 0.4) is 0 Å². The van der Waals surface area contributed by atoms with Gasteiger partial charge < -0.3 is 15.0 Å². The van der Waals surface area contributed by atoms with Crippen LogP contribution in [0.4, 0.5) is 5.69 Å². The predicted octanol–water partition coefficient (Wildman–Crippen LogP) is 4.29. The van der Waals surface area contributed by atoms with Crippen LogP contribution in [0.5, 0.6) is 0 Å². The van der Waals surface area contributed by atoms with Crippen molar-refractivity contribution in [3.05, 3.63) is 72.3 Å². The molecule has 0 radical (unpaired) electrons. The van der Waals surface area contributed by atoms with Crippen LogP contribution in [0.15, 0.2) is 61.2 Å². The van der Waals surface area contributed by atoms with Crippen molar-refractivity contribution in [1.82, 2.24) is 0 Å². The number of para-hydroxylation sites is 1. The van der Waals surface area contributed by atoms with E-state index in [0.29, 0.717) is 0 Å². The van der Waals surface area contributed by atoms with Crippen molar-refractivity contribution in [2.45, 2.75) is 38.9 Å². The van der Waals surface area contributed by atoms with Crippen molar-refractivity contribution in [2.24, 2.45) is 0 Å². The lowest BCUT2D eigenvalue weighted by atomic mass is 9.78. The molecule has 1 aliphatic rings. The summed E-state index contributed by atoms with van der Waals surface area (Å²) in [5.74, 6) is 0. The fourth-order valence-corrected chi connectivity index (χ4v) is 2.88. The first kappa shape index (κ1) is 18.5. The van der Waals surface area contributed by atoms with Crippen molar-refractivity contribution in [3.8, 4) is 0 Å². The van der Waals surface area contributed by atoms with Gasteiger partial charge >= 0.3 is 7.12 Å². The van der Waals surface area contributed by atoms with Gasteiger partial charge in [0.25, 0.3) is 0 Å². The van der Waals surface area contributed by atoms with E-state index in [-0.39, 0.29) is 18.3 Å². The Kier molecular flexibility index (Phi) is 4.83. The van der Waals surface area contributed by atoms with Crippen LogP contribution in [0.1, 0.15) is 38.8 Å². The second kappa shape index (κ2) is 6.78. The zero-order valence-corrected chi connectivity index (χ0v) is 16.0. The molecule has 1 fully saturated rings. The molecule has 26 heavy (non-hydrogen) atoms. The monoisotopic (exact) mass is 347 g/mol. The summed E-state index contributed by atoms with van der Waals surface area (Å²) in [7, 11) is -0.352. The summed E-state index contributed by atoms with van der Waals surface area (Å²) in [5.41, 5.74) is 10.2. The first-order valence-corrected chi connectivity index (χ1v) is 8.88. The third kappa shape index (κ3) is 3.48. The van der Waals surface area contributed by atoms with Crippen LogP contribution in [0.2, 0.25) is 0 Å². The van der Waals surface area contributed by atoms with Gasteiger partial charge in [-0.2, -0.15) is 0 Å². The molecule has 0 aromatic heterocycles. The van der Waals surface area contributed by atoms with Gasteiger partial charge in [-0.1, -0.05) is 55.1 Å². The molecule has 2 aromatic rings. The topological polar surface area (TPSA) is 44.5 Å². The van der Waals surface area contributed by atoms with Crippen LogP contribution in [0.25, 0.3) is 11.6 Å². The SMILES string of the molecule is C=C/C(=C\c1ccccc1N)c1ccc(B2OC(C)(C)C(C)(C)O2)cc1. The van der Waals surface area contributed by atoms with Gasteiger partial charge in [0.15, 0.2) is 0 Å². The summed E-state index contributed by atoms with van der Waals surface area (Å²) in [6.07, 6.45) is 3.89. The third-order valence-electron chi connectivity index (χ3n) is 5.30.